The number of benzene rings is 2. The van der Waals surface area contributed by atoms with E-state index in [1.54, 1.807) is 13.8 Å². The Kier molecular flexibility index (Phi) is 10.6. The molecule has 0 saturated heterocycles. The quantitative estimate of drug-likeness (QED) is 0.159. The Morgan fingerprint density at radius 2 is 1.34 bits per heavy atom. The first kappa shape index (κ1) is 34.4. The Bertz CT molecular complexity index is 1320. The van der Waals surface area contributed by atoms with Crippen molar-refractivity contribution in [2.24, 2.45) is 10.8 Å². The minimum absolute atomic E-state index is 0.00386. The van der Waals surface area contributed by atoms with E-state index in [1.165, 1.54) is 17.3 Å². The smallest absolute Gasteiger partial charge is 0.338 e. The molecule has 5 heteroatoms. The van der Waals surface area contributed by atoms with Crippen molar-refractivity contribution < 1.29 is 19.1 Å². The molecule has 0 fully saturated rings. The zero-order chi connectivity index (χ0) is 31.6. The fraction of sp³-hybridized carbons (Fsp3) is 0.500. The largest absolute Gasteiger partial charge is 0.423 e. The Morgan fingerprint density at radius 1 is 0.780 bits per heavy atom. The number of carbonyl (C=O) groups is 2. The van der Waals surface area contributed by atoms with Crippen LogP contribution in [0.15, 0.2) is 70.5 Å². The van der Waals surface area contributed by atoms with E-state index in [2.05, 4.69) is 94.5 Å². The number of ether oxygens (including phenoxy) is 2. The molecule has 0 aliphatic carbocycles. The summed E-state index contributed by atoms with van der Waals surface area (Å²) in [5, 5.41) is 0. The van der Waals surface area contributed by atoms with Gasteiger partial charge in [0.2, 0.25) is 0 Å². The number of hydrogen-bond donors (Lipinski definition) is 0. The van der Waals surface area contributed by atoms with Crippen LogP contribution in [0.25, 0.3) is 0 Å². The molecule has 0 N–H and O–H groups in total. The number of esters is 2. The van der Waals surface area contributed by atoms with Crippen LogP contribution in [0.4, 0.5) is 0 Å². The average molecular weight is 579 g/mol. The van der Waals surface area contributed by atoms with E-state index in [0.717, 1.165) is 28.2 Å². The van der Waals surface area contributed by atoms with Gasteiger partial charge in [-0.1, -0.05) is 106 Å². The number of rotatable bonds is 10. The van der Waals surface area contributed by atoms with Crippen LogP contribution in [0, 0.1) is 10.8 Å². The van der Waals surface area contributed by atoms with E-state index in [-0.39, 0.29) is 21.7 Å². The van der Waals surface area contributed by atoms with E-state index in [9.17, 15) is 9.59 Å². The van der Waals surface area contributed by atoms with E-state index in [1.807, 2.05) is 24.3 Å². The van der Waals surface area contributed by atoms with Gasteiger partial charge >= 0.3 is 11.9 Å². The average Bonchev–Trinajstić information content (AvgIpc) is 2.82. The number of hydrogen-bond acceptors (Lipinski definition) is 5. The van der Waals surface area contributed by atoms with E-state index in [4.69, 9.17) is 9.47 Å². The molecular formula is C36H50O4S. The zero-order valence-corrected chi connectivity index (χ0v) is 28.2. The third-order valence-corrected chi connectivity index (χ3v) is 9.02. The molecule has 0 amide bonds. The van der Waals surface area contributed by atoms with E-state index >= 15 is 0 Å². The minimum Gasteiger partial charge on any atom is -0.423 e. The normalized spacial score (nSPS) is 13.8. The maximum absolute atomic E-state index is 12.6. The molecule has 0 saturated carbocycles. The van der Waals surface area contributed by atoms with Crippen molar-refractivity contribution in [1.29, 1.82) is 0 Å². The zero-order valence-electron chi connectivity index (χ0n) is 27.3. The van der Waals surface area contributed by atoms with Crippen LogP contribution in [-0.2, 0) is 20.4 Å². The van der Waals surface area contributed by atoms with Gasteiger partial charge in [0.1, 0.15) is 11.5 Å². The van der Waals surface area contributed by atoms with Gasteiger partial charge in [-0.05, 0) is 83.7 Å². The van der Waals surface area contributed by atoms with Crippen LogP contribution in [0.3, 0.4) is 0 Å². The van der Waals surface area contributed by atoms with Crippen molar-refractivity contribution in [2.75, 3.05) is 0 Å². The summed E-state index contributed by atoms with van der Waals surface area (Å²) < 4.78 is 11.5. The highest BCUT2D eigenvalue weighted by Crippen LogP contribution is 2.49. The Morgan fingerprint density at radius 3 is 1.83 bits per heavy atom. The predicted molar refractivity (Wildman–Crippen MR) is 172 cm³/mol. The van der Waals surface area contributed by atoms with Gasteiger partial charge in [-0.15, -0.1) is 0 Å². The summed E-state index contributed by atoms with van der Waals surface area (Å²) in [5.74, 6) is -0.0146. The molecule has 2 aromatic rings. The lowest BCUT2D eigenvalue weighted by molar-refractivity contribution is -0.131. The van der Waals surface area contributed by atoms with Crippen molar-refractivity contribution in [3.05, 3.63) is 71.8 Å². The standard InChI is InChI=1S/C36H50O4S/c1-15-36(14,34(9,10)11)25-16-19-28(40-32(38)24(4)5)30(20-25)41-29-21-26(39-31(37)23(2)3)17-18-27(29)35(12,13)22-33(6,7)8/h16-21H,2,4,15,22H2,1,3,5-14H3. The van der Waals surface area contributed by atoms with Crippen molar-refractivity contribution in [3.8, 4) is 11.5 Å². The van der Waals surface area contributed by atoms with Gasteiger partial charge in [0.15, 0.2) is 0 Å². The van der Waals surface area contributed by atoms with Gasteiger partial charge in [0.25, 0.3) is 0 Å². The summed E-state index contributed by atoms with van der Waals surface area (Å²) >= 11 is 1.53. The fourth-order valence-corrected chi connectivity index (χ4v) is 6.58. The molecule has 0 aliphatic rings. The van der Waals surface area contributed by atoms with Crippen molar-refractivity contribution in [1.82, 2.24) is 0 Å². The summed E-state index contributed by atoms with van der Waals surface area (Å²) in [6.45, 7) is 33.2. The van der Waals surface area contributed by atoms with Gasteiger partial charge in [-0.25, -0.2) is 9.59 Å². The molecule has 0 radical (unpaired) electrons. The lowest BCUT2D eigenvalue weighted by Gasteiger charge is -2.42. The second-order valence-electron chi connectivity index (χ2n) is 14.3. The summed E-state index contributed by atoms with van der Waals surface area (Å²) in [4.78, 5) is 26.8. The first-order valence-electron chi connectivity index (χ1n) is 14.3. The van der Waals surface area contributed by atoms with Crippen LogP contribution in [0.2, 0.25) is 0 Å². The predicted octanol–water partition coefficient (Wildman–Crippen LogP) is 10.2. The van der Waals surface area contributed by atoms with Gasteiger partial charge in [-0.3, -0.25) is 0 Å². The second-order valence-corrected chi connectivity index (χ2v) is 15.4. The van der Waals surface area contributed by atoms with Crippen LogP contribution < -0.4 is 9.47 Å². The molecule has 0 heterocycles. The van der Waals surface area contributed by atoms with Crippen molar-refractivity contribution in [2.45, 2.75) is 117 Å². The first-order valence-corrected chi connectivity index (χ1v) is 15.2. The van der Waals surface area contributed by atoms with Crippen LogP contribution in [0.1, 0.15) is 107 Å². The Balaban J connectivity index is 2.81. The highest BCUT2D eigenvalue weighted by Gasteiger charge is 2.38. The highest BCUT2D eigenvalue weighted by atomic mass is 32.2. The first-order chi connectivity index (χ1) is 18.6. The molecule has 1 unspecified atom stereocenters. The van der Waals surface area contributed by atoms with Crippen molar-refractivity contribution >= 4 is 23.7 Å². The lowest BCUT2D eigenvalue weighted by Crippen LogP contribution is -2.36. The maximum atomic E-state index is 12.6. The van der Waals surface area contributed by atoms with Gasteiger partial charge in [0.05, 0.1) is 4.90 Å². The second kappa shape index (κ2) is 12.6. The van der Waals surface area contributed by atoms with Crippen LogP contribution >= 0.6 is 11.8 Å². The molecule has 1 atom stereocenters. The summed E-state index contributed by atoms with van der Waals surface area (Å²) in [6.07, 6.45) is 1.88. The fourth-order valence-electron chi connectivity index (χ4n) is 5.31. The Labute approximate surface area is 253 Å². The molecular weight excluding hydrogens is 528 g/mol. The van der Waals surface area contributed by atoms with E-state index in [0.29, 0.717) is 22.6 Å². The van der Waals surface area contributed by atoms with Crippen LogP contribution in [-0.4, -0.2) is 11.9 Å². The summed E-state index contributed by atoms with van der Waals surface area (Å²) in [5.41, 5.74) is 2.75. The Hall–Kier alpha value is -2.79. The molecule has 224 valence electrons. The molecule has 2 aromatic carbocycles. The summed E-state index contributed by atoms with van der Waals surface area (Å²) in [7, 11) is 0. The molecule has 0 aliphatic heterocycles. The van der Waals surface area contributed by atoms with E-state index < -0.39 is 11.9 Å². The lowest BCUT2D eigenvalue weighted by atomic mass is 9.62. The van der Waals surface area contributed by atoms with Crippen LogP contribution in [0.5, 0.6) is 11.5 Å². The molecule has 4 nitrogen and oxygen atoms in total. The third kappa shape index (κ3) is 8.61. The highest BCUT2D eigenvalue weighted by molar-refractivity contribution is 7.99. The molecule has 41 heavy (non-hydrogen) atoms. The van der Waals surface area contributed by atoms with Gasteiger partial charge in [0, 0.05) is 16.0 Å². The SMILES string of the molecule is C=C(C)C(=O)Oc1ccc(C(C)(C)CC(C)(C)C)c(Sc2cc(C(C)(CC)C(C)(C)C)ccc2OC(=O)C(=C)C)c1. The molecule has 0 bridgehead atoms. The van der Waals surface area contributed by atoms with Gasteiger partial charge < -0.3 is 9.47 Å². The maximum Gasteiger partial charge on any atom is 0.338 e. The molecule has 0 spiro atoms. The topological polar surface area (TPSA) is 52.6 Å². The number of carbonyl (C=O) groups excluding carboxylic acids is 2. The summed E-state index contributed by atoms with van der Waals surface area (Å²) in [6, 6.07) is 11.9. The molecule has 0 aromatic heterocycles. The molecule has 2 rings (SSSR count). The minimum atomic E-state index is -0.468. The van der Waals surface area contributed by atoms with Crippen molar-refractivity contribution in [3.63, 3.8) is 0 Å². The monoisotopic (exact) mass is 578 g/mol. The third-order valence-electron chi connectivity index (χ3n) is 7.93. The van der Waals surface area contributed by atoms with Gasteiger partial charge in [-0.2, -0.15) is 0 Å².